The Morgan fingerprint density at radius 2 is 1.86 bits per heavy atom. The molecule has 3 heteroatoms. The van der Waals surface area contributed by atoms with Crippen LogP contribution in [0.4, 0.5) is 0 Å². The van der Waals surface area contributed by atoms with Crippen molar-refractivity contribution in [1.82, 2.24) is 4.90 Å². The van der Waals surface area contributed by atoms with Crippen LogP contribution in [0, 0.1) is 0 Å². The lowest BCUT2D eigenvalue weighted by Gasteiger charge is -2.36. The van der Waals surface area contributed by atoms with Crippen molar-refractivity contribution in [3.8, 4) is 0 Å². The van der Waals surface area contributed by atoms with E-state index in [0.717, 1.165) is 26.1 Å². The van der Waals surface area contributed by atoms with E-state index in [1.807, 2.05) is 0 Å². The molecule has 1 aliphatic carbocycles. The molecule has 0 saturated carbocycles. The third kappa shape index (κ3) is 3.70. The van der Waals surface area contributed by atoms with Crippen LogP contribution in [0.5, 0.6) is 0 Å². The Balaban J connectivity index is 1.84. The topological polar surface area (TPSA) is 38.5 Å². The van der Waals surface area contributed by atoms with Crippen LogP contribution in [0.3, 0.4) is 0 Å². The van der Waals surface area contributed by atoms with Gasteiger partial charge in [0.2, 0.25) is 0 Å². The Morgan fingerprint density at radius 3 is 2.68 bits per heavy atom. The van der Waals surface area contributed by atoms with Crippen LogP contribution in [0.15, 0.2) is 18.2 Å². The number of hydrogen-bond acceptors (Lipinski definition) is 3. The molecular weight excluding hydrogens is 272 g/mol. The summed E-state index contributed by atoms with van der Waals surface area (Å²) in [5.74, 6) is 0. The third-order valence-electron chi connectivity index (χ3n) is 5.04. The van der Waals surface area contributed by atoms with Crippen molar-refractivity contribution in [3.63, 3.8) is 0 Å². The number of nitrogens with zero attached hydrogens (tertiary/aromatic N) is 1. The van der Waals surface area contributed by atoms with Gasteiger partial charge in [-0.15, -0.1) is 0 Å². The molecule has 1 unspecified atom stereocenters. The highest BCUT2D eigenvalue weighted by Gasteiger charge is 2.26. The lowest BCUT2D eigenvalue weighted by atomic mass is 9.87. The SMILES string of the molecule is NCCCOC(c1cccc2c1CCCC2)N1CCCCC1. The number of hydrogen-bond donors (Lipinski definition) is 1. The van der Waals surface area contributed by atoms with Gasteiger partial charge in [-0.2, -0.15) is 0 Å². The first-order chi connectivity index (χ1) is 10.9. The van der Waals surface area contributed by atoms with Gasteiger partial charge in [-0.25, -0.2) is 0 Å². The monoisotopic (exact) mass is 302 g/mol. The number of benzene rings is 1. The molecule has 2 aliphatic rings. The number of ether oxygens (including phenoxy) is 1. The van der Waals surface area contributed by atoms with E-state index in [1.54, 1.807) is 11.1 Å². The highest BCUT2D eigenvalue weighted by atomic mass is 16.5. The average molecular weight is 302 g/mol. The van der Waals surface area contributed by atoms with E-state index in [0.29, 0.717) is 6.54 Å². The van der Waals surface area contributed by atoms with E-state index >= 15 is 0 Å². The maximum absolute atomic E-state index is 6.32. The number of aryl methyl sites for hydroxylation is 1. The van der Waals surface area contributed by atoms with Gasteiger partial charge in [-0.3, -0.25) is 4.90 Å². The second-order valence-electron chi connectivity index (χ2n) is 6.65. The minimum Gasteiger partial charge on any atom is -0.359 e. The van der Waals surface area contributed by atoms with E-state index in [4.69, 9.17) is 10.5 Å². The number of fused-ring (bicyclic) bond motifs is 1. The number of rotatable bonds is 6. The van der Waals surface area contributed by atoms with E-state index in [9.17, 15) is 0 Å². The van der Waals surface area contributed by atoms with Gasteiger partial charge in [0.25, 0.3) is 0 Å². The van der Waals surface area contributed by atoms with Crippen LogP contribution in [-0.2, 0) is 17.6 Å². The van der Waals surface area contributed by atoms with Crippen molar-refractivity contribution in [1.29, 1.82) is 0 Å². The molecule has 1 aromatic carbocycles. The summed E-state index contributed by atoms with van der Waals surface area (Å²) in [6, 6.07) is 6.83. The summed E-state index contributed by atoms with van der Waals surface area (Å²) in [6.07, 6.45) is 10.1. The molecule has 0 spiro atoms. The van der Waals surface area contributed by atoms with Crippen LogP contribution in [0.25, 0.3) is 0 Å². The summed E-state index contributed by atoms with van der Waals surface area (Å²) >= 11 is 0. The van der Waals surface area contributed by atoms with Crippen LogP contribution in [0.1, 0.15) is 61.4 Å². The maximum Gasteiger partial charge on any atom is 0.137 e. The van der Waals surface area contributed by atoms with Gasteiger partial charge in [0.15, 0.2) is 0 Å². The first-order valence-electron chi connectivity index (χ1n) is 9.06. The fourth-order valence-corrected chi connectivity index (χ4v) is 3.87. The predicted molar refractivity (Wildman–Crippen MR) is 90.9 cm³/mol. The molecule has 2 N–H and O–H groups in total. The van der Waals surface area contributed by atoms with Gasteiger partial charge < -0.3 is 10.5 Å². The summed E-state index contributed by atoms with van der Waals surface area (Å²) in [7, 11) is 0. The van der Waals surface area contributed by atoms with Crippen LogP contribution >= 0.6 is 0 Å². The summed E-state index contributed by atoms with van der Waals surface area (Å²) in [5, 5.41) is 0. The van der Waals surface area contributed by atoms with E-state index < -0.39 is 0 Å². The van der Waals surface area contributed by atoms with Crippen molar-refractivity contribution in [2.45, 2.75) is 57.6 Å². The molecule has 0 amide bonds. The molecule has 1 heterocycles. The van der Waals surface area contributed by atoms with E-state index in [2.05, 4.69) is 23.1 Å². The van der Waals surface area contributed by atoms with E-state index in [1.165, 1.54) is 50.5 Å². The lowest BCUT2D eigenvalue weighted by molar-refractivity contribution is -0.0708. The van der Waals surface area contributed by atoms with E-state index in [-0.39, 0.29) is 6.23 Å². The van der Waals surface area contributed by atoms with Crippen LogP contribution in [0.2, 0.25) is 0 Å². The zero-order chi connectivity index (χ0) is 15.2. The van der Waals surface area contributed by atoms with Gasteiger partial charge in [0, 0.05) is 13.1 Å². The number of likely N-dealkylation sites (tertiary alicyclic amines) is 1. The maximum atomic E-state index is 6.32. The fraction of sp³-hybridized carbons (Fsp3) is 0.684. The molecule has 1 saturated heterocycles. The van der Waals surface area contributed by atoms with Crippen molar-refractivity contribution in [3.05, 3.63) is 34.9 Å². The molecule has 122 valence electrons. The molecule has 0 aromatic heterocycles. The largest absolute Gasteiger partial charge is 0.359 e. The zero-order valence-corrected chi connectivity index (χ0v) is 13.7. The Morgan fingerprint density at radius 1 is 1.05 bits per heavy atom. The summed E-state index contributed by atoms with van der Waals surface area (Å²) in [4.78, 5) is 2.55. The molecule has 1 fully saturated rings. The Kier molecular flexibility index (Phi) is 5.88. The quantitative estimate of drug-likeness (QED) is 0.818. The molecule has 1 atom stereocenters. The van der Waals surface area contributed by atoms with Gasteiger partial charge in [-0.1, -0.05) is 24.6 Å². The second-order valence-corrected chi connectivity index (χ2v) is 6.65. The molecule has 3 rings (SSSR count). The minimum atomic E-state index is 0.139. The molecule has 1 aliphatic heterocycles. The Hall–Kier alpha value is -0.900. The fourth-order valence-electron chi connectivity index (χ4n) is 3.87. The Bertz CT molecular complexity index is 469. The molecule has 1 aromatic rings. The predicted octanol–water partition coefficient (Wildman–Crippen LogP) is 3.42. The highest BCUT2D eigenvalue weighted by molar-refractivity contribution is 5.38. The molecule has 0 bridgehead atoms. The lowest BCUT2D eigenvalue weighted by Crippen LogP contribution is -2.36. The summed E-state index contributed by atoms with van der Waals surface area (Å²) in [6.45, 7) is 3.80. The van der Waals surface area contributed by atoms with Gasteiger partial charge >= 0.3 is 0 Å². The third-order valence-corrected chi connectivity index (χ3v) is 5.04. The van der Waals surface area contributed by atoms with Crippen molar-refractivity contribution in [2.75, 3.05) is 26.2 Å². The molecular formula is C19H30N2O. The first-order valence-corrected chi connectivity index (χ1v) is 9.06. The van der Waals surface area contributed by atoms with Crippen molar-refractivity contribution < 1.29 is 4.74 Å². The molecule has 0 radical (unpaired) electrons. The second kappa shape index (κ2) is 8.09. The number of nitrogens with two attached hydrogens (primary N) is 1. The standard InChI is InChI=1S/C19H30N2O/c20-12-7-15-22-19(21-13-4-1-5-14-21)18-11-6-9-16-8-2-3-10-17(16)18/h6,9,11,19H,1-5,7-8,10,12-15,20H2. The van der Waals surface area contributed by atoms with Gasteiger partial charge in [-0.05, 0) is 68.2 Å². The number of piperidine rings is 1. The van der Waals surface area contributed by atoms with Crippen LogP contribution in [-0.4, -0.2) is 31.1 Å². The van der Waals surface area contributed by atoms with Crippen LogP contribution < -0.4 is 5.73 Å². The minimum absolute atomic E-state index is 0.139. The normalized spacial score (nSPS) is 20.6. The van der Waals surface area contributed by atoms with Crippen molar-refractivity contribution in [2.24, 2.45) is 5.73 Å². The van der Waals surface area contributed by atoms with Gasteiger partial charge in [0.05, 0.1) is 6.61 Å². The molecule has 22 heavy (non-hydrogen) atoms. The molecule has 3 nitrogen and oxygen atoms in total. The summed E-state index contributed by atoms with van der Waals surface area (Å²) in [5.41, 5.74) is 10.2. The average Bonchev–Trinajstić information content (AvgIpc) is 2.59. The first kappa shape index (κ1) is 16.0. The smallest absolute Gasteiger partial charge is 0.137 e. The summed E-state index contributed by atoms with van der Waals surface area (Å²) < 4.78 is 6.32. The van der Waals surface area contributed by atoms with Crippen molar-refractivity contribution >= 4 is 0 Å². The van der Waals surface area contributed by atoms with Gasteiger partial charge in [0.1, 0.15) is 6.23 Å². The highest BCUT2D eigenvalue weighted by Crippen LogP contribution is 2.33. The Labute approximate surface area is 134 Å². The zero-order valence-electron chi connectivity index (χ0n) is 13.7.